The minimum absolute atomic E-state index is 0.125. The molecule has 22 heavy (non-hydrogen) atoms. The van der Waals surface area contributed by atoms with E-state index in [0.717, 1.165) is 0 Å². The predicted molar refractivity (Wildman–Crippen MR) is 76.2 cm³/mol. The van der Waals surface area contributed by atoms with E-state index < -0.39 is 22.5 Å². The molecule has 1 aromatic rings. The first-order valence-electron chi connectivity index (χ1n) is 6.70. The second-order valence-corrected chi connectivity index (χ2v) is 4.89. The van der Waals surface area contributed by atoms with Gasteiger partial charge >= 0.3 is 11.9 Å². The predicted octanol–water partition coefficient (Wildman–Crippen LogP) is 2.40. The van der Waals surface area contributed by atoms with E-state index in [9.17, 15) is 19.7 Å². The first-order chi connectivity index (χ1) is 10.5. The summed E-state index contributed by atoms with van der Waals surface area (Å²) in [6.07, 6.45) is 4.86. The van der Waals surface area contributed by atoms with Crippen LogP contribution in [-0.4, -0.2) is 29.6 Å². The number of carbonyl (C=O) groups excluding carboxylic acids is 2. The maximum atomic E-state index is 12.2. The number of allylic oxidation sites excluding steroid dienone is 1. The Kier molecular flexibility index (Phi) is 4.55. The quantitative estimate of drug-likeness (QED) is 0.367. The molecular formula is C15H15NO6. The zero-order valence-electron chi connectivity index (χ0n) is 12.0. The third-order valence-electron chi connectivity index (χ3n) is 3.49. The molecule has 1 atom stereocenters. The molecule has 116 valence electrons. The van der Waals surface area contributed by atoms with E-state index in [1.54, 1.807) is 6.08 Å². The van der Waals surface area contributed by atoms with Crippen molar-refractivity contribution in [2.45, 2.75) is 24.9 Å². The molecule has 0 aliphatic heterocycles. The Hall–Kier alpha value is -2.70. The van der Waals surface area contributed by atoms with Crippen molar-refractivity contribution in [1.82, 2.24) is 0 Å². The van der Waals surface area contributed by atoms with E-state index in [2.05, 4.69) is 0 Å². The number of methoxy groups -OCH3 is 1. The summed E-state index contributed by atoms with van der Waals surface area (Å²) in [6.45, 7) is 0. The Balaban J connectivity index is 2.19. The molecule has 0 N–H and O–H groups in total. The summed E-state index contributed by atoms with van der Waals surface area (Å²) in [5.41, 5.74) is -1.31. The summed E-state index contributed by atoms with van der Waals surface area (Å²) >= 11 is 0. The summed E-state index contributed by atoms with van der Waals surface area (Å²) in [5, 5.41) is 10.6. The molecule has 0 bridgehead atoms. The molecule has 0 spiro atoms. The first-order valence-corrected chi connectivity index (χ1v) is 6.70. The molecule has 0 radical (unpaired) electrons. The number of nitro groups is 1. The van der Waals surface area contributed by atoms with Gasteiger partial charge in [0.2, 0.25) is 5.60 Å². The lowest BCUT2D eigenvalue weighted by Gasteiger charge is -2.31. The molecule has 0 heterocycles. The van der Waals surface area contributed by atoms with Crippen molar-refractivity contribution < 1.29 is 24.0 Å². The van der Waals surface area contributed by atoms with Gasteiger partial charge in [0.05, 0.1) is 17.6 Å². The summed E-state index contributed by atoms with van der Waals surface area (Å²) < 4.78 is 10.1. The topological polar surface area (TPSA) is 95.7 Å². The second kappa shape index (κ2) is 6.38. The van der Waals surface area contributed by atoms with Gasteiger partial charge in [-0.25, -0.2) is 9.59 Å². The van der Waals surface area contributed by atoms with Gasteiger partial charge in [0.1, 0.15) is 0 Å². The molecule has 7 nitrogen and oxygen atoms in total. The lowest BCUT2D eigenvalue weighted by molar-refractivity contribution is -0.384. The van der Waals surface area contributed by atoms with Crippen molar-refractivity contribution in [3.63, 3.8) is 0 Å². The molecule has 0 fully saturated rings. The molecule has 7 heteroatoms. The van der Waals surface area contributed by atoms with Crippen LogP contribution in [0.5, 0.6) is 0 Å². The number of ether oxygens (including phenoxy) is 2. The molecule has 0 aromatic heterocycles. The van der Waals surface area contributed by atoms with Crippen LogP contribution in [0.3, 0.4) is 0 Å². The fourth-order valence-electron chi connectivity index (χ4n) is 2.27. The van der Waals surface area contributed by atoms with Crippen molar-refractivity contribution in [3.8, 4) is 0 Å². The largest absolute Gasteiger partial charge is 0.466 e. The fraction of sp³-hybridized carbons (Fsp3) is 0.333. The minimum atomic E-state index is -1.33. The van der Waals surface area contributed by atoms with Gasteiger partial charge in [-0.1, -0.05) is 12.2 Å². The Bertz CT molecular complexity index is 621. The van der Waals surface area contributed by atoms with Gasteiger partial charge in [-0.15, -0.1) is 0 Å². The number of rotatable bonds is 4. The number of benzene rings is 1. The highest BCUT2D eigenvalue weighted by Crippen LogP contribution is 2.30. The highest BCUT2D eigenvalue weighted by atomic mass is 16.6. The van der Waals surface area contributed by atoms with Gasteiger partial charge in [-0.05, 0) is 18.6 Å². The summed E-state index contributed by atoms with van der Waals surface area (Å²) in [5.74, 6) is -1.32. The highest BCUT2D eigenvalue weighted by Gasteiger charge is 2.43. The minimum Gasteiger partial charge on any atom is -0.466 e. The Morgan fingerprint density at radius 1 is 1.23 bits per heavy atom. The van der Waals surface area contributed by atoms with E-state index in [1.165, 1.54) is 31.4 Å². The lowest BCUT2D eigenvalue weighted by atomic mass is 9.89. The van der Waals surface area contributed by atoms with Crippen LogP contribution in [0.25, 0.3) is 0 Å². The SMILES string of the molecule is COC(=O)C1(OC(=O)c2ccc([N+](=O)[O-])cc2)CC=CCC1. The zero-order chi connectivity index (χ0) is 16.2. The Morgan fingerprint density at radius 2 is 1.91 bits per heavy atom. The zero-order valence-corrected chi connectivity index (χ0v) is 12.0. The second-order valence-electron chi connectivity index (χ2n) is 4.89. The standard InChI is InChI=1S/C15H15NO6/c1-21-14(18)15(9-3-2-4-10-15)22-13(17)11-5-7-12(8-6-11)16(19)20/h2-3,5-8H,4,9-10H2,1H3. The number of non-ortho nitro benzene ring substituents is 1. The molecule has 1 aromatic carbocycles. The average Bonchev–Trinajstić information content (AvgIpc) is 2.54. The van der Waals surface area contributed by atoms with Gasteiger partial charge in [-0.3, -0.25) is 10.1 Å². The van der Waals surface area contributed by atoms with Crippen molar-refractivity contribution >= 4 is 17.6 Å². The highest BCUT2D eigenvalue weighted by molar-refractivity contribution is 5.93. The van der Waals surface area contributed by atoms with Gasteiger partial charge in [-0.2, -0.15) is 0 Å². The van der Waals surface area contributed by atoms with Gasteiger partial charge < -0.3 is 9.47 Å². The smallest absolute Gasteiger partial charge is 0.350 e. The van der Waals surface area contributed by atoms with Crippen molar-refractivity contribution in [3.05, 3.63) is 52.1 Å². The van der Waals surface area contributed by atoms with E-state index >= 15 is 0 Å². The van der Waals surface area contributed by atoms with Crippen LogP contribution in [0, 0.1) is 10.1 Å². The summed E-state index contributed by atoms with van der Waals surface area (Å²) in [4.78, 5) is 34.2. The van der Waals surface area contributed by atoms with Crippen LogP contribution in [-0.2, 0) is 14.3 Å². The molecule has 1 aliphatic rings. The van der Waals surface area contributed by atoms with E-state index in [4.69, 9.17) is 9.47 Å². The molecule has 1 unspecified atom stereocenters. The molecular weight excluding hydrogens is 290 g/mol. The average molecular weight is 305 g/mol. The molecule has 0 saturated carbocycles. The fourth-order valence-corrected chi connectivity index (χ4v) is 2.27. The maximum absolute atomic E-state index is 12.2. The molecule has 1 aliphatic carbocycles. The maximum Gasteiger partial charge on any atom is 0.350 e. The number of hydrogen-bond donors (Lipinski definition) is 0. The molecule has 0 amide bonds. The van der Waals surface area contributed by atoms with E-state index in [1.807, 2.05) is 6.08 Å². The normalized spacial score (nSPS) is 20.2. The monoisotopic (exact) mass is 305 g/mol. The van der Waals surface area contributed by atoms with Gasteiger partial charge in [0.25, 0.3) is 5.69 Å². The number of nitrogens with zero attached hydrogens (tertiary/aromatic N) is 1. The summed E-state index contributed by atoms with van der Waals surface area (Å²) in [7, 11) is 1.24. The lowest BCUT2D eigenvalue weighted by Crippen LogP contribution is -2.44. The first kappa shape index (κ1) is 15.7. The molecule has 0 saturated heterocycles. The summed E-state index contributed by atoms with van der Waals surface area (Å²) in [6, 6.07) is 5.01. The van der Waals surface area contributed by atoms with E-state index in [0.29, 0.717) is 12.8 Å². The number of esters is 2. The van der Waals surface area contributed by atoms with E-state index in [-0.39, 0.29) is 17.7 Å². The third kappa shape index (κ3) is 3.13. The molecule has 2 rings (SSSR count). The third-order valence-corrected chi connectivity index (χ3v) is 3.49. The van der Waals surface area contributed by atoms with Crippen LogP contribution >= 0.6 is 0 Å². The van der Waals surface area contributed by atoms with Crippen LogP contribution in [0.2, 0.25) is 0 Å². The van der Waals surface area contributed by atoms with Crippen LogP contribution in [0.15, 0.2) is 36.4 Å². The number of nitro benzene ring substituents is 1. The van der Waals surface area contributed by atoms with Crippen LogP contribution in [0.1, 0.15) is 29.6 Å². The Labute approximate surface area is 126 Å². The van der Waals surface area contributed by atoms with Crippen molar-refractivity contribution in [1.29, 1.82) is 0 Å². The van der Waals surface area contributed by atoms with Crippen molar-refractivity contribution in [2.75, 3.05) is 7.11 Å². The van der Waals surface area contributed by atoms with Crippen molar-refractivity contribution in [2.24, 2.45) is 0 Å². The Morgan fingerprint density at radius 3 is 2.41 bits per heavy atom. The number of hydrogen-bond acceptors (Lipinski definition) is 6. The van der Waals surface area contributed by atoms with Crippen LogP contribution in [0.4, 0.5) is 5.69 Å². The number of carbonyl (C=O) groups is 2. The van der Waals surface area contributed by atoms with Gasteiger partial charge in [0, 0.05) is 25.0 Å². The van der Waals surface area contributed by atoms with Crippen LogP contribution < -0.4 is 0 Å². The van der Waals surface area contributed by atoms with Gasteiger partial charge in [0.15, 0.2) is 0 Å².